The average Bonchev–Trinajstić information content (AvgIpc) is 3.22. The summed E-state index contributed by atoms with van der Waals surface area (Å²) >= 11 is 0. The molecule has 7 nitrogen and oxygen atoms in total. The highest BCUT2D eigenvalue weighted by Gasteiger charge is 2.15. The zero-order valence-corrected chi connectivity index (χ0v) is 16.8. The van der Waals surface area contributed by atoms with Crippen molar-refractivity contribution in [3.05, 3.63) is 60.7 Å². The van der Waals surface area contributed by atoms with Gasteiger partial charge in [-0.05, 0) is 30.3 Å². The number of aromatic amines is 1. The number of benzene rings is 3. The maximum Gasteiger partial charge on any atom is 0.171 e. The Morgan fingerprint density at radius 1 is 1.03 bits per heavy atom. The van der Waals surface area contributed by atoms with Gasteiger partial charge in [0, 0.05) is 26.7 Å². The van der Waals surface area contributed by atoms with Gasteiger partial charge in [-0.2, -0.15) is 0 Å². The molecule has 0 aliphatic carbocycles. The Balaban J connectivity index is 1.53. The first-order valence-electron chi connectivity index (χ1n) is 12.1. The number of fused-ring (bicyclic) bond motifs is 3. The normalized spacial score (nSPS) is 16.5. The number of phenols is 1. The molecule has 31 heavy (non-hydrogen) atoms. The van der Waals surface area contributed by atoms with Crippen molar-refractivity contribution in [2.24, 2.45) is 0 Å². The van der Waals surface area contributed by atoms with Crippen LogP contribution in [0.3, 0.4) is 0 Å². The monoisotopic (exact) mass is 427 g/mol. The van der Waals surface area contributed by atoms with E-state index in [1.807, 2.05) is 0 Å². The first kappa shape index (κ1) is 15.4. The Morgan fingerprint density at radius 2 is 1.81 bits per heavy atom. The molecule has 0 amide bonds. The molecule has 1 atom stereocenters. The van der Waals surface area contributed by atoms with Gasteiger partial charge in [-0.25, -0.2) is 0 Å². The Bertz CT molecular complexity index is 1380. The zero-order chi connectivity index (χ0) is 26.1. The van der Waals surface area contributed by atoms with Crippen LogP contribution in [0.15, 0.2) is 60.7 Å². The van der Waals surface area contributed by atoms with Gasteiger partial charge in [0.2, 0.25) is 0 Å². The summed E-state index contributed by atoms with van der Waals surface area (Å²) in [5.41, 5.74) is 1.24. The molecular weight excluding hydrogens is 396 g/mol. The first-order valence-corrected chi connectivity index (χ1v) is 9.63. The number of H-pyrrole nitrogens is 1. The molecule has 0 aliphatic heterocycles. The number of rotatable bonds is 10. The van der Waals surface area contributed by atoms with E-state index < -0.39 is 24.9 Å². The number of methoxy groups -OCH3 is 1. The smallest absolute Gasteiger partial charge is 0.171 e. The fourth-order valence-corrected chi connectivity index (χ4v) is 3.22. The predicted molar refractivity (Wildman–Crippen MR) is 120 cm³/mol. The molecule has 0 bridgehead atoms. The summed E-state index contributed by atoms with van der Waals surface area (Å²) in [5.74, 6) is 0.152. The lowest BCUT2D eigenvalue weighted by molar-refractivity contribution is 0.105. The summed E-state index contributed by atoms with van der Waals surface area (Å²) in [6.45, 7) is -6.51. The second kappa shape index (κ2) is 9.59. The molecule has 0 fully saturated rings. The van der Waals surface area contributed by atoms with Gasteiger partial charge in [0.1, 0.15) is 19.2 Å². The number of nitrogens with one attached hydrogen (secondary N) is 2. The fourth-order valence-electron chi connectivity index (χ4n) is 3.22. The van der Waals surface area contributed by atoms with E-state index in [1.165, 1.54) is 13.2 Å². The van der Waals surface area contributed by atoms with Gasteiger partial charge < -0.3 is 34.7 Å². The van der Waals surface area contributed by atoms with Gasteiger partial charge in [0.05, 0.1) is 22.1 Å². The van der Waals surface area contributed by atoms with Gasteiger partial charge in [-0.3, -0.25) is 0 Å². The maximum absolute atomic E-state index is 10.7. The number of aliphatic hydroxyl groups is 1. The van der Waals surface area contributed by atoms with E-state index in [0.717, 1.165) is 0 Å². The van der Waals surface area contributed by atoms with Gasteiger partial charge in [-0.15, -0.1) is 0 Å². The van der Waals surface area contributed by atoms with Crippen molar-refractivity contribution in [1.82, 2.24) is 10.3 Å². The summed E-state index contributed by atoms with van der Waals surface area (Å²) in [6, 6.07) is 16.8. The highest BCUT2D eigenvalue weighted by atomic mass is 16.5. The first-order chi connectivity index (χ1) is 17.0. The third-order valence-electron chi connectivity index (χ3n) is 4.61. The molecule has 0 spiro atoms. The van der Waals surface area contributed by atoms with Crippen molar-refractivity contribution in [2.45, 2.75) is 6.08 Å². The lowest BCUT2D eigenvalue weighted by Crippen LogP contribution is -2.33. The van der Waals surface area contributed by atoms with Crippen molar-refractivity contribution in [1.29, 1.82) is 0 Å². The van der Waals surface area contributed by atoms with E-state index in [0.29, 0.717) is 33.3 Å². The number of aromatic hydroxyl groups is 1. The molecule has 1 unspecified atom stereocenters. The molecule has 4 rings (SSSR count). The van der Waals surface area contributed by atoms with E-state index in [1.54, 1.807) is 54.6 Å². The minimum atomic E-state index is -3.44. The maximum atomic E-state index is 10.7. The Hall–Kier alpha value is -3.42. The van der Waals surface area contributed by atoms with Crippen LogP contribution in [0.25, 0.3) is 21.8 Å². The fraction of sp³-hybridized carbons (Fsp3) is 0.250. The summed E-state index contributed by atoms with van der Waals surface area (Å²) < 4.78 is 57.2. The second-order valence-electron chi connectivity index (χ2n) is 6.61. The second-order valence-corrected chi connectivity index (χ2v) is 6.61. The van der Waals surface area contributed by atoms with Crippen molar-refractivity contribution < 1.29 is 31.3 Å². The van der Waals surface area contributed by atoms with Crippen LogP contribution >= 0.6 is 0 Å². The molecule has 7 heteroatoms. The third kappa shape index (κ3) is 4.68. The lowest BCUT2D eigenvalue weighted by atomic mass is 10.1. The standard InChI is InChI=1S/C24H26N2O5/c1-29-21-8-4-5-9-22(21)30-13-12-25-14-16(27)15-31-24-20(28)11-10-19-23(24)17-6-2-3-7-18(17)26-19/h2-11,16,25-28H,12-15H2,1H3/i14D2,15D2,16D. The summed E-state index contributed by atoms with van der Waals surface area (Å²) in [7, 11) is 1.48. The van der Waals surface area contributed by atoms with E-state index in [9.17, 15) is 10.2 Å². The molecule has 4 N–H and O–H groups in total. The van der Waals surface area contributed by atoms with E-state index in [4.69, 9.17) is 21.1 Å². The number of hydrogen-bond donors (Lipinski definition) is 4. The molecule has 0 saturated heterocycles. The Kier molecular flexibility index (Phi) is 4.76. The van der Waals surface area contributed by atoms with Gasteiger partial charge in [0.15, 0.2) is 23.0 Å². The number of para-hydroxylation sites is 3. The zero-order valence-electron chi connectivity index (χ0n) is 21.8. The summed E-state index contributed by atoms with van der Waals surface area (Å²) in [4.78, 5) is 3.12. The van der Waals surface area contributed by atoms with Crippen LogP contribution in [0.2, 0.25) is 0 Å². The highest BCUT2D eigenvalue weighted by molar-refractivity contribution is 6.11. The average molecular weight is 428 g/mol. The Morgan fingerprint density at radius 3 is 2.65 bits per heavy atom. The van der Waals surface area contributed by atoms with Gasteiger partial charge >= 0.3 is 0 Å². The third-order valence-corrected chi connectivity index (χ3v) is 4.61. The number of aromatic nitrogens is 1. The molecule has 1 aromatic heterocycles. The molecule has 0 aliphatic rings. The molecule has 0 saturated carbocycles. The van der Waals surface area contributed by atoms with E-state index in [-0.39, 0.29) is 18.9 Å². The topological polar surface area (TPSA) is 96.0 Å². The summed E-state index contributed by atoms with van der Waals surface area (Å²) in [5, 5.41) is 24.5. The quantitative estimate of drug-likeness (QED) is 0.290. The van der Waals surface area contributed by atoms with Crippen molar-refractivity contribution >= 4 is 21.8 Å². The van der Waals surface area contributed by atoms with Crippen LogP contribution in [0, 0.1) is 0 Å². The van der Waals surface area contributed by atoms with Crippen LogP contribution < -0.4 is 19.5 Å². The van der Waals surface area contributed by atoms with Crippen LogP contribution in [0.5, 0.6) is 23.0 Å². The summed E-state index contributed by atoms with van der Waals surface area (Å²) in [6.07, 6.45) is -3.44. The molecule has 1 heterocycles. The van der Waals surface area contributed by atoms with Crippen LogP contribution in [0.1, 0.15) is 6.85 Å². The minimum Gasteiger partial charge on any atom is -0.504 e. The molecular formula is C24H26N2O5. The van der Waals surface area contributed by atoms with Crippen molar-refractivity contribution in [2.75, 3.05) is 33.3 Å². The van der Waals surface area contributed by atoms with Crippen LogP contribution in [-0.4, -0.2) is 54.6 Å². The molecule has 0 radical (unpaired) electrons. The van der Waals surface area contributed by atoms with Gasteiger partial charge in [0.25, 0.3) is 0 Å². The van der Waals surface area contributed by atoms with E-state index in [2.05, 4.69) is 10.3 Å². The van der Waals surface area contributed by atoms with Crippen molar-refractivity contribution in [3.63, 3.8) is 0 Å². The number of phenolic OH excluding ortho intramolecular Hbond substituents is 1. The molecule has 4 aromatic rings. The lowest BCUT2D eigenvalue weighted by Gasteiger charge is -2.15. The Labute approximate surface area is 187 Å². The number of hydrogen-bond acceptors (Lipinski definition) is 6. The molecule has 3 aromatic carbocycles. The van der Waals surface area contributed by atoms with Crippen LogP contribution in [0.4, 0.5) is 0 Å². The largest absolute Gasteiger partial charge is 0.504 e. The highest BCUT2D eigenvalue weighted by Crippen LogP contribution is 2.39. The van der Waals surface area contributed by atoms with Crippen molar-refractivity contribution in [3.8, 4) is 23.0 Å². The van der Waals surface area contributed by atoms with Crippen LogP contribution in [-0.2, 0) is 0 Å². The predicted octanol–water partition coefficient (Wildman–Crippen LogP) is 3.44. The minimum absolute atomic E-state index is 0.0603. The SMILES string of the molecule is [2H]C([2H])(NCCOc1ccccc1OC)C([2H])(O)C([2H])([2H])Oc1c(O)ccc2[nH]c3ccccc3c12. The van der Waals surface area contributed by atoms with Gasteiger partial charge in [-0.1, -0.05) is 30.3 Å². The number of ether oxygens (including phenoxy) is 3. The molecule has 162 valence electrons. The van der Waals surface area contributed by atoms with E-state index >= 15 is 0 Å².